The van der Waals surface area contributed by atoms with Crippen LogP contribution in [0.25, 0.3) is 0 Å². The second-order valence-corrected chi connectivity index (χ2v) is 5.14. The molecule has 0 aliphatic heterocycles. The third-order valence-corrected chi connectivity index (χ3v) is 3.07. The summed E-state index contributed by atoms with van der Waals surface area (Å²) in [6.07, 6.45) is 0. The van der Waals surface area contributed by atoms with Gasteiger partial charge in [-0.1, -0.05) is 0 Å². The molecule has 0 fully saturated rings. The molecule has 0 N–H and O–H groups in total. The van der Waals surface area contributed by atoms with Crippen LogP contribution in [-0.4, -0.2) is 8.42 Å². The van der Waals surface area contributed by atoms with Crippen molar-refractivity contribution in [1.82, 2.24) is 0 Å². The van der Waals surface area contributed by atoms with Gasteiger partial charge in [-0.25, -0.2) is 30.4 Å². The Labute approximate surface area is 91.1 Å². The number of halogens is 6. The van der Waals surface area contributed by atoms with Crippen LogP contribution in [0.15, 0.2) is 4.90 Å². The summed E-state index contributed by atoms with van der Waals surface area (Å²) in [6.45, 7) is -1.85. The van der Waals surface area contributed by atoms with Crippen LogP contribution in [0.3, 0.4) is 0 Å². The van der Waals surface area contributed by atoms with Crippen molar-refractivity contribution in [2.24, 2.45) is 0 Å². The predicted octanol–water partition coefficient (Wildman–Crippen LogP) is 2.64. The van der Waals surface area contributed by atoms with E-state index < -0.39 is 49.5 Å². The lowest BCUT2D eigenvalue weighted by Gasteiger charge is -2.08. The minimum atomic E-state index is -4.93. The van der Waals surface area contributed by atoms with Crippen LogP contribution in [0.1, 0.15) is 5.56 Å². The van der Waals surface area contributed by atoms with Crippen LogP contribution < -0.4 is 0 Å². The highest BCUT2D eigenvalue weighted by Crippen LogP contribution is 2.30. The molecule has 0 atom stereocenters. The molecular weight excluding hydrogens is 279 g/mol. The van der Waals surface area contributed by atoms with Crippen LogP contribution >= 0.6 is 10.7 Å². The van der Waals surface area contributed by atoms with Gasteiger partial charge in [0.25, 0.3) is 9.05 Å². The van der Waals surface area contributed by atoms with Gasteiger partial charge in [-0.15, -0.1) is 0 Å². The molecule has 0 aliphatic carbocycles. The van der Waals surface area contributed by atoms with Gasteiger partial charge in [-0.3, -0.25) is 0 Å². The molecule has 0 amide bonds. The van der Waals surface area contributed by atoms with Crippen molar-refractivity contribution in [3.63, 3.8) is 0 Å². The number of alkyl halides is 1. The maximum atomic E-state index is 13.0. The highest BCUT2D eigenvalue weighted by molar-refractivity contribution is 8.13. The zero-order valence-electron chi connectivity index (χ0n) is 7.20. The summed E-state index contributed by atoms with van der Waals surface area (Å²) in [5, 5.41) is 0. The molecule has 0 radical (unpaired) electrons. The van der Waals surface area contributed by atoms with Crippen molar-refractivity contribution in [2.75, 3.05) is 0 Å². The molecular formula is C7H2ClF5O2S. The minimum absolute atomic E-state index is 1.48. The quantitative estimate of drug-likeness (QED) is 0.361. The lowest BCUT2D eigenvalue weighted by atomic mass is 10.2. The van der Waals surface area contributed by atoms with Gasteiger partial charge in [0.2, 0.25) is 0 Å². The van der Waals surface area contributed by atoms with Gasteiger partial charge in [0.1, 0.15) is 11.6 Å². The molecule has 1 aromatic carbocycles. The maximum absolute atomic E-state index is 13.0. The first-order chi connectivity index (χ1) is 7.21. The molecule has 0 aromatic heterocycles. The van der Waals surface area contributed by atoms with E-state index in [-0.39, 0.29) is 0 Å². The van der Waals surface area contributed by atoms with E-state index in [0.717, 1.165) is 0 Å². The zero-order valence-corrected chi connectivity index (χ0v) is 8.77. The topological polar surface area (TPSA) is 34.1 Å². The largest absolute Gasteiger partial charge is 0.264 e. The summed E-state index contributed by atoms with van der Waals surface area (Å²) in [4.78, 5) is -1.73. The van der Waals surface area contributed by atoms with Crippen molar-refractivity contribution in [1.29, 1.82) is 0 Å². The van der Waals surface area contributed by atoms with Crippen LogP contribution in [0.5, 0.6) is 0 Å². The predicted molar refractivity (Wildman–Crippen MR) is 44.1 cm³/mol. The van der Waals surface area contributed by atoms with Crippen molar-refractivity contribution in [2.45, 2.75) is 11.6 Å². The molecule has 0 aliphatic rings. The molecule has 16 heavy (non-hydrogen) atoms. The van der Waals surface area contributed by atoms with Gasteiger partial charge >= 0.3 is 0 Å². The first-order valence-corrected chi connectivity index (χ1v) is 5.88. The standard InChI is InChI=1S/C7H2ClF5O2S/c8-16(14,15)7-2(1-9)3(10)4(11)5(12)6(7)13/h1H2. The van der Waals surface area contributed by atoms with E-state index in [2.05, 4.69) is 10.7 Å². The molecule has 2 nitrogen and oxygen atoms in total. The highest BCUT2D eigenvalue weighted by Gasteiger charge is 2.31. The second-order valence-electron chi connectivity index (χ2n) is 2.64. The Bertz CT molecular complexity index is 542. The Kier molecular flexibility index (Phi) is 3.44. The number of rotatable bonds is 2. The summed E-state index contributed by atoms with van der Waals surface area (Å²) in [5.74, 6) is -9.04. The first kappa shape index (κ1) is 13.2. The van der Waals surface area contributed by atoms with E-state index >= 15 is 0 Å². The van der Waals surface area contributed by atoms with Gasteiger partial charge in [0, 0.05) is 16.2 Å². The number of hydrogen-bond donors (Lipinski definition) is 0. The second kappa shape index (κ2) is 4.17. The fourth-order valence-electron chi connectivity index (χ4n) is 1.03. The molecule has 1 aromatic rings. The normalized spacial score (nSPS) is 11.9. The van der Waals surface area contributed by atoms with Crippen LogP contribution in [0.2, 0.25) is 0 Å². The Balaban J connectivity index is 3.87. The van der Waals surface area contributed by atoms with Crippen LogP contribution in [0, 0.1) is 23.3 Å². The van der Waals surface area contributed by atoms with E-state index in [1.807, 2.05) is 0 Å². The highest BCUT2D eigenvalue weighted by atomic mass is 35.7. The average molecular weight is 281 g/mol. The number of hydrogen-bond acceptors (Lipinski definition) is 2. The third kappa shape index (κ3) is 1.99. The molecule has 0 spiro atoms. The smallest absolute Gasteiger partial charge is 0.246 e. The van der Waals surface area contributed by atoms with Gasteiger partial charge in [-0.2, -0.15) is 0 Å². The van der Waals surface area contributed by atoms with Gasteiger partial charge in [-0.05, 0) is 0 Å². The van der Waals surface area contributed by atoms with Crippen molar-refractivity contribution >= 4 is 19.7 Å². The van der Waals surface area contributed by atoms with Crippen molar-refractivity contribution in [3.8, 4) is 0 Å². The fraction of sp³-hybridized carbons (Fsp3) is 0.143. The van der Waals surface area contributed by atoms with Crippen molar-refractivity contribution < 1.29 is 30.4 Å². The monoisotopic (exact) mass is 280 g/mol. The van der Waals surface area contributed by atoms with Crippen LogP contribution in [0.4, 0.5) is 22.0 Å². The van der Waals surface area contributed by atoms with Crippen LogP contribution in [-0.2, 0) is 15.7 Å². The molecule has 0 saturated heterocycles. The SMILES string of the molecule is O=S(=O)(Cl)c1c(F)c(F)c(F)c(F)c1CF. The Morgan fingerprint density at radius 3 is 1.75 bits per heavy atom. The van der Waals surface area contributed by atoms with E-state index in [1.54, 1.807) is 0 Å². The lowest BCUT2D eigenvalue weighted by Crippen LogP contribution is -2.10. The average Bonchev–Trinajstić information content (AvgIpc) is 2.18. The van der Waals surface area contributed by atoms with Crippen molar-refractivity contribution in [3.05, 3.63) is 28.8 Å². The summed E-state index contributed by atoms with van der Waals surface area (Å²) >= 11 is 0. The summed E-state index contributed by atoms with van der Waals surface area (Å²) in [5.41, 5.74) is -1.48. The Hall–Kier alpha value is -0.890. The summed E-state index contributed by atoms with van der Waals surface area (Å²) in [7, 11) is -0.274. The van der Waals surface area contributed by atoms with E-state index in [0.29, 0.717) is 0 Å². The summed E-state index contributed by atoms with van der Waals surface area (Å²) < 4.78 is 84.9. The van der Waals surface area contributed by atoms with Gasteiger partial charge < -0.3 is 0 Å². The maximum Gasteiger partial charge on any atom is 0.264 e. The molecule has 0 unspecified atom stereocenters. The number of benzene rings is 1. The fourth-order valence-corrected chi connectivity index (χ4v) is 2.26. The minimum Gasteiger partial charge on any atom is -0.246 e. The Morgan fingerprint density at radius 1 is 0.938 bits per heavy atom. The van der Waals surface area contributed by atoms with E-state index in [9.17, 15) is 30.4 Å². The van der Waals surface area contributed by atoms with Gasteiger partial charge in [0.05, 0.1) is 0 Å². The Morgan fingerprint density at radius 2 is 1.38 bits per heavy atom. The third-order valence-electron chi connectivity index (χ3n) is 1.69. The zero-order chi connectivity index (χ0) is 12.7. The van der Waals surface area contributed by atoms with Gasteiger partial charge in [0.15, 0.2) is 23.3 Å². The molecule has 0 heterocycles. The molecule has 9 heteroatoms. The molecule has 0 bridgehead atoms. The van der Waals surface area contributed by atoms with E-state index in [4.69, 9.17) is 0 Å². The molecule has 0 saturated carbocycles. The summed E-state index contributed by atoms with van der Waals surface area (Å²) in [6, 6.07) is 0. The molecule has 90 valence electrons. The molecule has 1 rings (SSSR count). The lowest BCUT2D eigenvalue weighted by molar-refractivity contribution is 0.372. The van der Waals surface area contributed by atoms with E-state index in [1.165, 1.54) is 0 Å². The first-order valence-electron chi connectivity index (χ1n) is 3.57.